The minimum Gasteiger partial charge on any atom is -0.478 e. The maximum absolute atomic E-state index is 11.2. The van der Waals surface area contributed by atoms with Gasteiger partial charge in [0.05, 0.1) is 0 Å². The number of Topliss-reactive ketones (excluding diaryl/α,β-unsaturated/α-hetero) is 1. The number of ketones is 1. The standard InChI is InChI=1S/C10H14O.C4H6O2/c1-7(2)9-5-4-8(3)10(11)6-9;1-3(2)4(5)6/h4,9H,1,5-6H2,2-3H3;1H2,2H3,(H,5,6). The summed E-state index contributed by atoms with van der Waals surface area (Å²) >= 11 is 0. The van der Waals surface area contributed by atoms with Gasteiger partial charge in [0.25, 0.3) is 0 Å². The predicted molar refractivity (Wildman–Crippen MR) is 68.8 cm³/mol. The molecule has 1 aliphatic rings. The summed E-state index contributed by atoms with van der Waals surface area (Å²) in [7, 11) is 0. The number of hydrogen-bond donors (Lipinski definition) is 1. The Balaban J connectivity index is 0.000000366. The van der Waals surface area contributed by atoms with Gasteiger partial charge in [-0.3, -0.25) is 4.79 Å². The lowest BCUT2D eigenvalue weighted by Crippen LogP contribution is -2.14. The molecule has 0 aromatic heterocycles. The van der Waals surface area contributed by atoms with Gasteiger partial charge in [-0.2, -0.15) is 0 Å². The van der Waals surface area contributed by atoms with Crippen LogP contribution in [-0.2, 0) is 9.59 Å². The third kappa shape index (κ3) is 5.85. The van der Waals surface area contributed by atoms with Crippen molar-refractivity contribution in [2.24, 2.45) is 5.92 Å². The molecule has 0 saturated heterocycles. The summed E-state index contributed by atoms with van der Waals surface area (Å²) in [6.07, 6.45) is 3.68. The summed E-state index contributed by atoms with van der Waals surface area (Å²) in [5, 5.41) is 7.89. The molecule has 0 bridgehead atoms. The fraction of sp³-hybridized carbons (Fsp3) is 0.429. The van der Waals surface area contributed by atoms with E-state index in [0.717, 1.165) is 17.6 Å². The average molecular weight is 236 g/mol. The second-order valence-corrected chi connectivity index (χ2v) is 4.38. The molecular weight excluding hydrogens is 216 g/mol. The molecule has 0 heterocycles. The van der Waals surface area contributed by atoms with E-state index >= 15 is 0 Å². The lowest BCUT2D eigenvalue weighted by atomic mass is 9.85. The van der Waals surface area contributed by atoms with Crippen molar-refractivity contribution >= 4 is 11.8 Å². The van der Waals surface area contributed by atoms with Crippen LogP contribution in [0.3, 0.4) is 0 Å². The van der Waals surface area contributed by atoms with Crippen molar-refractivity contribution in [3.63, 3.8) is 0 Å². The smallest absolute Gasteiger partial charge is 0.330 e. The first-order valence-electron chi connectivity index (χ1n) is 5.49. The zero-order chi connectivity index (χ0) is 13.6. The Morgan fingerprint density at radius 2 is 1.88 bits per heavy atom. The third-order valence-corrected chi connectivity index (χ3v) is 2.64. The number of carboxylic acid groups (broad SMARTS) is 1. The molecule has 1 aliphatic carbocycles. The van der Waals surface area contributed by atoms with E-state index in [0.29, 0.717) is 12.3 Å². The van der Waals surface area contributed by atoms with Crippen molar-refractivity contribution < 1.29 is 14.7 Å². The topological polar surface area (TPSA) is 54.4 Å². The largest absolute Gasteiger partial charge is 0.478 e. The molecule has 0 aromatic rings. The molecule has 94 valence electrons. The Kier molecular flexibility index (Phi) is 6.18. The van der Waals surface area contributed by atoms with E-state index in [2.05, 4.69) is 13.2 Å². The summed E-state index contributed by atoms with van der Waals surface area (Å²) in [6, 6.07) is 0. The van der Waals surface area contributed by atoms with Crippen molar-refractivity contribution in [2.75, 3.05) is 0 Å². The first kappa shape index (κ1) is 15.4. The number of carbonyl (C=O) groups excluding carboxylic acids is 1. The van der Waals surface area contributed by atoms with Crippen molar-refractivity contribution in [1.82, 2.24) is 0 Å². The summed E-state index contributed by atoms with van der Waals surface area (Å²) in [5.74, 6) is -0.259. The Hall–Kier alpha value is -1.64. The molecule has 0 spiro atoms. The molecule has 1 N–H and O–H groups in total. The van der Waals surface area contributed by atoms with Crippen LogP contribution in [0.2, 0.25) is 0 Å². The van der Waals surface area contributed by atoms with Crippen molar-refractivity contribution in [1.29, 1.82) is 0 Å². The highest BCUT2D eigenvalue weighted by Crippen LogP contribution is 2.25. The summed E-state index contributed by atoms with van der Waals surface area (Å²) in [6.45, 7) is 12.3. The van der Waals surface area contributed by atoms with Gasteiger partial charge < -0.3 is 5.11 Å². The second kappa shape index (κ2) is 6.84. The molecule has 0 amide bonds. The van der Waals surface area contributed by atoms with Crippen LogP contribution in [0.4, 0.5) is 0 Å². The first-order chi connectivity index (χ1) is 7.75. The molecule has 3 nitrogen and oxygen atoms in total. The Morgan fingerprint density at radius 3 is 2.18 bits per heavy atom. The predicted octanol–water partition coefficient (Wildman–Crippen LogP) is 3.14. The van der Waals surface area contributed by atoms with E-state index in [1.54, 1.807) is 0 Å². The minimum absolute atomic E-state index is 0.176. The molecule has 0 saturated carbocycles. The fourth-order valence-electron chi connectivity index (χ4n) is 1.28. The zero-order valence-electron chi connectivity index (χ0n) is 10.7. The van der Waals surface area contributed by atoms with Gasteiger partial charge in [-0.15, -0.1) is 0 Å². The highest BCUT2D eigenvalue weighted by atomic mass is 16.4. The maximum atomic E-state index is 11.2. The van der Waals surface area contributed by atoms with Gasteiger partial charge >= 0.3 is 5.97 Å². The quantitative estimate of drug-likeness (QED) is 0.592. The van der Waals surface area contributed by atoms with Crippen LogP contribution in [0.15, 0.2) is 36.0 Å². The summed E-state index contributed by atoms with van der Waals surface area (Å²) < 4.78 is 0. The van der Waals surface area contributed by atoms with Crippen LogP contribution in [-0.4, -0.2) is 16.9 Å². The number of hydrogen-bond acceptors (Lipinski definition) is 2. The molecule has 3 heteroatoms. The summed E-state index contributed by atoms with van der Waals surface area (Å²) in [5.41, 5.74) is 2.22. The van der Waals surface area contributed by atoms with Crippen LogP contribution in [0.25, 0.3) is 0 Å². The van der Waals surface area contributed by atoms with Gasteiger partial charge in [-0.1, -0.05) is 24.8 Å². The first-order valence-corrected chi connectivity index (χ1v) is 5.49. The van der Waals surface area contributed by atoms with Crippen molar-refractivity contribution in [3.05, 3.63) is 36.0 Å². The Bertz CT molecular complexity index is 363. The molecule has 1 rings (SSSR count). The number of carboxylic acids is 1. The van der Waals surface area contributed by atoms with E-state index in [1.807, 2.05) is 19.9 Å². The molecular formula is C14H20O3. The molecule has 1 unspecified atom stereocenters. The lowest BCUT2D eigenvalue weighted by molar-refractivity contribution is -0.132. The van der Waals surface area contributed by atoms with Crippen LogP contribution in [0.1, 0.15) is 33.6 Å². The van der Waals surface area contributed by atoms with Crippen LogP contribution in [0, 0.1) is 5.92 Å². The van der Waals surface area contributed by atoms with Crippen LogP contribution < -0.4 is 0 Å². The van der Waals surface area contributed by atoms with E-state index in [9.17, 15) is 9.59 Å². The number of aliphatic carboxylic acids is 1. The molecule has 1 atom stereocenters. The Morgan fingerprint density at radius 1 is 1.41 bits per heavy atom. The monoisotopic (exact) mass is 236 g/mol. The van der Waals surface area contributed by atoms with E-state index in [-0.39, 0.29) is 11.4 Å². The summed E-state index contributed by atoms with van der Waals surface area (Å²) in [4.78, 5) is 20.8. The molecule has 0 aliphatic heterocycles. The number of allylic oxidation sites excluding steroid dienone is 3. The van der Waals surface area contributed by atoms with Crippen molar-refractivity contribution in [3.8, 4) is 0 Å². The minimum atomic E-state index is -0.935. The SMILES string of the molecule is C=C(C)C(=O)O.C=C(C)C1CC=C(C)C(=O)C1. The van der Waals surface area contributed by atoms with Gasteiger partial charge in [-0.05, 0) is 38.7 Å². The van der Waals surface area contributed by atoms with E-state index < -0.39 is 5.97 Å². The zero-order valence-corrected chi connectivity index (χ0v) is 10.7. The van der Waals surface area contributed by atoms with Gasteiger partial charge in [0.2, 0.25) is 0 Å². The second-order valence-electron chi connectivity index (χ2n) is 4.38. The molecule has 0 aromatic carbocycles. The molecule has 17 heavy (non-hydrogen) atoms. The van der Waals surface area contributed by atoms with Gasteiger partial charge in [0.15, 0.2) is 5.78 Å². The Labute approximate surface area is 103 Å². The number of rotatable bonds is 2. The van der Waals surface area contributed by atoms with Gasteiger partial charge in [0, 0.05) is 12.0 Å². The van der Waals surface area contributed by atoms with Gasteiger partial charge in [-0.25, -0.2) is 4.79 Å². The normalized spacial score (nSPS) is 18.6. The maximum Gasteiger partial charge on any atom is 0.330 e. The average Bonchev–Trinajstić information content (AvgIpc) is 2.22. The number of carbonyl (C=O) groups is 2. The molecule has 0 fully saturated rings. The third-order valence-electron chi connectivity index (χ3n) is 2.64. The van der Waals surface area contributed by atoms with Gasteiger partial charge in [0.1, 0.15) is 0 Å². The van der Waals surface area contributed by atoms with Crippen molar-refractivity contribution in [2.45, 2.75) is 33.6 Å². The van der Waals surface area contributed by atoms with E-state index in [4.69, 9.17) is 5.11 Å². The fourth-order valence-corrected chi connectivity index (χ4v) is 1.28. The molecule has 0 radical (unpaired) electrons. The van der Waals surface area contributed by atoms with E-state index in [1.165, 1.54) is 6.92 Å². The lowest BCUT2D eigenvalue weighted by Gasteiger charge is -2.18. The highest BCUT2D eigenvalue weighted by molar-refractivity contribution is 5.95. The highest BCUT2D eigenvalue weighted by Gasteiger charge is 2.19. The van der Waals surface area contributed by atoms with Crippen LogP contribution in [0.5, 0.6) is 0 Å². The van der Waals surface area contributed by atoms with Crippen LogP contribution >= 0.6 is 0 Å².